The molecule has 0 aliphatic heterocycles. The van der Waals surface area contributed by atoms with E-state index >= 15 is 0 Å². The van der Waals surface area contributed by atoms with E-state index in [1.807, 2.05) is 29.6 Å². The minimum absolute atomic E-state index is 0. The molecule has 0 saturated heterocycles. The molecule has 1 aromatic heterocycles. The molecule has 0 atom stereocenters. The molecule has 2 aromatic carbocycles. The number of halogens is 2. The van der Waals surface area contributed by atoms with Crippen LogP contribution in [0.3, 0.4) is 0 Å². The molecular formula is C22H29Cl2N3OS. The summed E-state index contributed by atoms with van der Waals surface area (Å²) < 4.78 is 1.21. The largest absolute Gasteiger partial charge is 0.351 e. The van der Waals surface area contributed by atoms with Crippen molar-refractivity contribution in [1.29, 1.82) is 0 Å². The van der Waals surface area contributed by atoms with E-state index in [-0.39, 0.29) is 30.7 Å². The zero-order valence-electron chi connectivity index (χ0n) is 16.6. The predicted molar refractivity (Wildman–Crippen MR) is 129 cm³/mol. The van der Waals surface area contributed by atoms with Crippen LogP contribution < -0.4 is 11.1 Å². The number of thiophene rings is 1. The monoisotopic (exact) mass is 453 g/mol. The smallest absolute Gasteiger partial charge is 0.251 e. The molecule has 158 valence electrons. The molecule has 3 rings (SSSR count). The third-order valence-electron chi connectivity index (χ3n) is 4.76. The quantitative estimate of drug-likeness (QED) is 0.501. The Morgan fingerprint density at radius 2 is 1.76 bits per heavy atom. The van der Waals surface area contributed by atoms with Crippen LogP contribution in [0.4, 0.5) is 0 Å². The first-order valence-corrected chi connectivity index (χ1v) is 10.3. The lowest BCUT2D eigenvalue weighted by atomic mass is 10.1. The van der Waals surface area contributed by atoms with Crippen LogP contribution >= 0.6 is 36.2 Å². The van der Waals surface area contributed by atoms with Crippen molar-refractivity contribution in [2.45, 2.75) is 19.4 Å². The van der Waals surface area contributed by atoms with E-state index in [1.54, 1.807) is 11.3 Å². The maximum atomic E-state index is 12.3. The van der Waals surface area contributed by atoms with Gasteiger partial charge in [-0.25, -0.2) is 0 Å². The molecular weight excluding hydrogens is 425 g/mol. The predicted octanol–water partition coefficient (Wildman–Crippen LogP) is 4.50. The Kier molecular flexibility index (Phi) is 11.2. The Bertz CT molecular complexity index is 883. The molecule has 0 spiro atoms. The molecule has 3 N–H and O–H groups in total. The number of nitrogens with zero attached hydrogens (tertiary/aromatic N) is 1. The van der Waals surface area contributed by atoms with Crippen LogP contribution in [0.1, 0.15) is 27.9 Å². The lowest BCUT2D eigenvalue weighted by Gasteiger charge is -2.17. The van der Waals surface area contributed by atoms with Gasteiger partial charge in [0.05, 0.1) is 0 Å². The number of hydrogen-bond acceptors (Lipinski definition) is 4. The standard InChI is InChI=1S/C22H27N3OS.2ClH/c1-25(12-2-3-17-4-6-18(16-23)7-5-17)13-11-24-22(26)20-8-9-21-19(15-20)10-14-27-21;;/h4-10,14-15H,2-3,11-13,16,23H2,1H3,(H,24,26);2*1H. The Morgan fingerprint density at radius 1 is 1.03 bits per heavy atom. The summed E-state index contributed by atoms with van der Waals surface area (Å²) in [7, 11) is 2.10. The first-order valence-electron chi connectivity index (χ1n) is 9.37. The van der Waals surface area contributed by atoms with Crippen LogP contribution in [0.5, 0.6) is 0 Å². The van der Waals surface area contributed by atoms with Crippen LogP contribution in [-0.2, 0) is 13.0 Å². The van der Waals surface area contributed by atoms with Crippen molar-refractivity contribution in [3.63, 3.8) is 0 Å². The van der Waals surface area contributed by atoms with Crippen LogP contribution in [0.15, 0.2) is 53.9 Å². The van der Waals surface area contributed by atoms with Gasteiger partial charge in [0, 0.05) is 29.9 Å². The number of carbonyl (C=O) groups excluding carboxylic acids is 1. The summed E-state index contributed by atoms with van der Waals surface area (Å²) in [6.45, 7) is 3.10. The van der Waals surface area contributed by atoms with E-state index in [1.165, 1.54) is 15.8 Å². The minimum Gasteiger partial charge on any atom is -0.351 e. The molecule has 0 radical (unpaired) electrons. The summed E-state index contributed by atoms with van der Waals surface area (Å²) in [5, 5.41) is 6.20. The Labute approximate surface area is 189 Å². The van der Waals surface area contributed by atoms with Crippen LogP contribution in [0.25, 0.3) is 10.1 Å². The molecule has 4 nitrogen and oxygen atoms in total. The zero-order valence-corrected chi connectivity index (χ0v) is 19.0. The summed E-state index contributed by atoms with van der Waals surface area (Å²) in [5.41, 5.74) is 8.87. The number of nitrogens with two attached hydrogens (primary N) is 1. The molecule has 0 aliphatic carbocycles. The first-order chi connectivity index (χ1) is 13.2. The van der Waals surface area contributed by atoms with Gasteiger partial charge in [-0.05, 0) is 72.6 Å². The summed E-state index contributed by atoms with van der Waals surface area (Å²) >= 11 is 1.69. The highest BCUT2D eigenvalue weighted by Crippen LogP contribution is 2.21. The highest BCUT2D eigenvalue weighted by atomic mass is 35.5. The van der Waals surface area contributed by atoms with Gasteiger partial charge in [0.1, 0.15) is 0 Å². The van der Waals surface area contributed by atoms with Crippen molar-refractivity contribution in [2.24, 2.45) is 5.73 Å². The Balaban J connectivity index is 0.00000210. The molecule has 0 saturated carbocycles. The fourth-order valence-electron chi connectivity index (χ4n) is 3.08. The summed E-state index contributed by atoms with van der Waals surface area (Å²) in [5.74, 6) is -0.00325. The lowest BCUT2D eigenvalue weighted by Crippen LogP contribution is -2.33. The number of aryl methyl sites for hydroxylation is 1. The van der Waals surface area contributed by atoms with Crippen molar-refractivity contribution in [3.8, 4) is 0 Å². The van der Waals surface area contributed by atoms with Gasteiger partial charge in [0.25, 0.3) is 5.91 Å². The lowest BCUT2D eigenvalue weighted by molar-refractivity contribution is 0.0950. The van der Waals surface area contributed by atoms with Gasteiger partial charge in [-0.15, -0.1) is 36.2 Å². The van der Waals surface area contributed by atoms with Crippen LogP contribution in [0.2, 0.25) is 0 Å². The van der Waals surface area contributed by atoms with Crippen LogP contribution in [0, 0.1) is 0 Å². The molecule has 7 heteroatoms. The molecule has 0 fully saturated rings. The number of fused-ring (bicyclic) bond motifs is 1. The van der Waals surface area contributed by atoms with Crippen LogP contribution in [-0.4, -0.2) is 37.5 Å². The average molecular weight is 454 g/mol. The van der Waals surface area contributed by atoms with Gasteiger partial charge < -0.3 is 16.0 Å². The average Bonchev–Trinajstić information content (AvgIpc) is 3.16. The number of nitrogens with one attached hydrogen (secondary N) is 1. The van der Waals surface area contributed by atoms with Crippen molar-refractivity contribution in [2.75, 3.05) is 26.7 Å². The molecule has 3 aromatic rings. The van der Waals surface area contributed by atoms with Crippen molar-refractivity contribution in [1.82, 2.24) is 10.2 Å². The van der Waals surface area contributed by atoms with E-state index in [2.05, 4.69) is 41.5 Å². The normalized spacial score (nSPS) is 10.4. The highest BCUT2D eigenvalue weighted by molar-refractivity contribution is 7.17. The van der Waals surface area contributed by atoms with E-state index in [4.69, 9.17) is 5.73 Å². The highest BCUT2D eigenvalue weighted by Gasteiger charge is 2.07. The van der Waals surface area contributed by atoms with Gasteiger partial charge in [-0.1, -0.05) is 24.3 Å². The third kappa shape index (κ3) is 7.61. The van der Waals surface area contributed by atoms with Gasteiger partial charge in [-0.3, -0.25) is 4.79 Å². The SMILES string of the molecule is CN(CCCc1ccc(CN)cc1)CCNC(=O)c1ccc2sccc2c1.Cl.Cl. The summed E-state index contributed by atoms with van der Waals surface area (Å²) in [6.07, 6.45) is 2.16. The minimum atomic E-state index is -0.00325. The number of hydrogen-bond donors (Lipinski definition) is 2. The van der Waals surface area contributed by atoms with Crippen molar-refractivity contribution in [3.05, 3.63) is 70.6 Å². The van der Waals surface area contributed by atoms with Crippen molar-refractivity contribution >= 4 is 52.1 Å². The molecule has 29 heavy (non-hydrogen) atoms. The molecule has 1 heterocycles. The van der Waals surface area contributed by atoms with E-state index in [0.29, 0.717) is 13.1 Å². The number of rotatable bonds is 9. The molecule has 0 bridgehead atoms. The Morgan fingerprint density at radius 3 is 2.48 bits per heavy atom. The number of amides is 1. The topological polar surface area (TPSA) is 58.4 Å². The van der Waals surface area contributed by atoms with E-state index < -0.39 is 0 Å². The van der Waals surface area contributed by atoms with Crippen molar-refractivity contribution < 1.29 is 4.79 Å². The van der Waals surface area contributed by atoms with E-state index in [0.717, 1.165) is 36.9 Å². The second-order valence-electron chi connectivity index (χ2n) is 6.86. The van der Waals surface area contributed by atoms with Gasteiger partial charge in [-0.2, -0.15) is 0 Å². The zero-order chi connectivity index (χ0) is 19.1. The second-order valence-corrected chi connectivity index (χ2v) is 7.80. The number of carbonyl (C=O) groups is 1. The van der Waals surface area contributed by atoms with Gasteiger partial charge in [0.15, 0.2) is 0 Å². The molecule has 1 amide bonds. The fourth-order valence-corrected chi connectivity index (χ4v) is 3.85. The summed E-state index contributed by atoms with van der Waals surface area (Å²) in [4.78, 5) is 14.6. The summed E-state index contributed by atoms with van der Waals surface area (Å²) in [6, 6.07) is 16.4. The second kappa shape index (κ2) is 12.8. The fraction of sp³-hybridized carbons (Fsp3) is 0.318. The molecule has 0 unspecified atom stereocenters. The first kappa shape index (κ1) is 25.4. The van der Waals surface area contributed by atoms with Gasteiger partial charge >= 0.3 is 0 Å². The Hall–Kier alpha value is -1.63. The maximum absolute atomic E-state index is 12.3. The molecule has 0 aliphatic rings. The maximum Gasteiger partial charge on any atom is 0.251 e. The third-order valence-corrected chi connectivity index (χ3v) is 5.66. The number of benzene rings is 2. The van der Waals surface area contributed by atoms with Gasteiger partial charge in [0.2, 0.25) is 0 Å². The van der Waals surface area contributed by atoms with E-state index in [9.17, 15) is 4.79 Å². The number of likely N-dealkylation sites (N-methyl/N-ethyl adjacent to an activating group) is 1.